The maximum atomic E-state index is 12.4. The summed E-state index contributed by atoms with van der Waals surface area (Å²) in [5.41, 5.74) is 0.467. The summed E-state index contributed by atoms with van der Waals surface area (Å²) in [5, 5.41) is 0. The number of carbonyl (C=O) groups is 1. The van der Waals surface area contributed by atoms with Crippen LogP contribution in [0.15, 0.2) is 24.3 Å². The van der Waals surface area contributed by atoms with E-state index in [1.807, 2.05) is 45.0 Å². The molecule has 1 saturated heterocycles. The zero-order valence-corrected chi connectivity index (χ0v) is 13.9. The second-order valence-electron chi connectivity index (χ2n) is 6.28. The fraction of sp³-hybridized carbons (Fsp3) is 0.611. The van der Waals surface area contributed by atoms with E-state index >= 15 is 0 Å². The molecule has 1 aliphatic heterocycles. The number of hydrogen-bond donors (Lipinski definition) is 0. The van der Waals surface area contributed by atoms with Crippen LogP contribution in [0.1, 0.15) is 51.9 Å². The van der Waals surface area contributed by atoms with Crippen molar-refractivity contribution in [3.8, 4) is 5.75 Å². The SMILES string of the molecule is CCCC(=O)C(C)(C)[C@@H]1CCOC(c2ccc(OC)cc2)O1. The number of methoxy groups -OCH3 is 1. The van der Waals surface area contributed by atoms with Crippen LogP contribution in [0.3, 0.4) is 0 Å². The molecule has 1 aromatic rings. The van der Waals surface area contributed by atoms with Crippen LogP contribution in [0.25, 0.3) is 0 Å². The zero-order chi connectivity index (χ0) is 16.2. The highest BCUT2D eigenvalue weighted by Gasteiger charge is 2.40. The first kappa shape index (κ1) is 17.0. The molecule has 2 atom stereocenters. The number of Topliss-reactive ketones (excluding diaryl/α,β-unsaturated/α-hetero) is 1. The Morgan fingerprint density at radius 1 is 1.32 bits per heavy atom. The molecular formula is C18H26O4. The first-order valence-electron chi connectivity index (χ1n) is 7.93. The predicted octanol–water partition coefficient (Wildman–Crippen LogP) is 3.89. The van der Waals surface area contributed by atoms with Crippen molar-refractivity contribution >= 4 is 5.78 Å². The Hall–Kier alpha value is -1.39. The topological polar surface area (TPSA) is 44.8 Å². The molecule has 0 bridgehead atoms. The van der Waals surface area contributed by atoms with Crippen LogP contribution in [0.5, 0.6) is 5.75 Å². The van der Waals surface area contributed by atoms with Gasteiger partial charge in [-0.15, -0.1) is 0 Å². The Labute approximate surface area is 132 Å². The highest BCUT2D eigenvalue weighted by atomic mass is 16.7. The Kier molecular flexibility index (Phi) is 5.59. The summed E-state index contributed by atoms with van der Waals surface area (Å²) in [7, 11) is 1.64. The lowest BCUT2D eigenvalue weighted by Crippen LogP contribution is -2.43. The van der Waals surface area contributed by atoms with Crippen molar-refractivity contribution in [3.63, 3.8) is 0 Å². The van der Waals surface area contributed by atoms with Crippen molar-refractivity contribution < 1.29 is 19.0 Å². The van der Waals surface area contributed by atoms with Gasteiger partial charge in [-0.1, -0.05) is 32.9 Å². The standard InChI is InChI=1S/C18H26O4/c1-5-6-15(19)18(2,3)16-11-12-21-17(22-16)13-7-9-14(20-4)10-8-13/h7-10,16-17H,5-6,11-12H2,1-4H3/t16-,17?/m0/s1. The van der Waals surface area contributed by atoms with Crippen LogP contribution >= 0.6 is 0 Å². The lowest BCUT2D eigenvalue weighted by molar-refractivity contribution is -0.238. The normalized spacial score (nSPS) is 22.4. The minimum Gasteiger partial charge on any atom is -0.497 e. The van der Waals surface area contributed by atoms with Crippen LogP contribution in [0.2, 0.25) is 0 Å². The Bertz CT molecular complexity index is 492. The molecular weight excluding hydrogens is 280 g/mol. The molecule has 0 saturated carbocycles. The number of ketones is 1. The average Bonchev–Trinajstić information content (AvgIpc) is 2.55. The van der Waals surface area contributed by atoms with Crippen molar-refractivity contribution in [2.45, 2.75) is 52.4 Å². The number of hydrogen-bond acceptors (Lipinski definition) is 4. The van der Waals surface area contributed by atoms with E-state index in [1.165, 1.54) is 0 Å². The van der Waals surface area contributed by atoms with Crippen LogP contribution in [-0.2, 0) is 14.3 Å². The van der Waals surface area contributed by atoms with Crippen molar-refractivity contribution in [3.05, 3.63) is 29.8 Å². The second-order valence-corrected chi connectivity index (χ2v) is 6.28. The largest absolute Gasteiger partial charge is 0.497 e. The average molecular weight is 306 g/mol. The number of rotatable bonds is 6. The second kappa shape index (κ2) is 7.25. The van der Waals surface area contributed by atoms with Gasteiger partial charge in [0.05, 0.1) is 19.8 Å². The van der Waals surface area contributed by atoms with Crippen molar-refractivity contribution in [2.75, 3.05) is 13.7 Å². The summed E-state index contributed by atoms with van der Waals surface area (Å²) in [6.07, 6.45) is 1.68. The smallest absolute Gasteiger partial charge is 0.184 e. The number of ether oxygens (including phenoxy) is 3. The molecule has 0 N–H and O–H groups in total. The lowest BCUT2D eigenvalue weighted by atomic mass is 9.78. The Balaban J connectivity index is 2.09. The van der Waals surface area contributed by atoms with E-state index < -0.39 is 11.7 Å². The van der Waals surface area contributed by atoms with Gasteiger partial charge < -0.3 is 14.2 Å². The van der Waals surface area contributed by atoms with Gasteiger partial charge in [0.25, 0.3) is 0 Å². The summed E-state index contributed by atoms with van der Waals surface area (Å²) >= 11 is 0. The summed E-state index contributed by atoms with van der Waals surface area (Å²) in [6, 6.07) is 7.65. The maximum absolute atomic E-state index is 12.4. The van der Waals surface area contributed by atoms with Crippen LogP contribution < -0.4 is 4.74 Å². The maximum Gasteiger partial charge on any atom is 0.184 e. The quantitative estimate of drug-likeness (QED) is 0.799. The van der Waals surface area contributed by atoms with Crippen LogP contribution in [-0.4, -0.2) is 25.6 Å². The molecule has 1 aliphatic rings. The van der Waals surface area contributed by atoms with Gasteiger partial charge >= 0.3 is 0 Å². The summed E-state index contributed by atoms with van der Waals surface area (Å²) in [6.45, 7) is 6.58. The van der Waals surface area contributed by atoms with Crippen molar-refractivity contribution in [1.82, 2.24) is 0 Å². The Morgan fingerprint density at radius 3 is 2.59 bits per heavy atom. The molecule has 0 amide bonds. The highest BCUT2D eigenvalue weighted by Crippen LogP contribution is 2.37. The van der Waals surface area contributed by atoms with Gasteiger partial charge in [-0.3, -0.25) is 4.79 Å². The van der Waals surface area contributed by atoms with Crippen molar-refractivity contribution in [1.29, 1.82) is 0 Å². The molecule has 1 aromatic carbocycles. The van der Waals surface area contributed by atoms with Crippen LogP contribution in [0, 0.1) is 5.41 Å². The highest BCUT2D eigenvalue weighted by molar-refractivity contribution is 5.84. The van der Waals surface area contributed by atoms with Crippen molar-refractivity contribution in [2.24, 2.45) is 5.41 Å². The molecule has 0 spiro atoms. The van der Waals surface area contributed by atoms with E-state index in [2.05, 4.69) is 0 Å². The molecule has 122 valence electrons. The van der Waals surface area contributed by atoms with E-state index in [1.54, 1.807) is 7.11 Å². The van der Waals surface area contributed by atoms with E-state index in [9.17, 15) is 4.79 Å². The molecule has 4 nitrogen and oxygen atoms in total. The minimum absolute atomic E-state index is 0.118. The molecule has 22 heavy (non-hydrogen) atoms. The molecule has 0 radical (unpaired) electrons. The van der Waals surface area contributed by atoms with Gasteiger partial charge in [-0.2, -0.15) is 0 Å². The van der Waals surface area contributed by atoms with Gasteiger partial charge in [0.1, 0.15) is 11.5 Å². The third-order valence-corrected chi connectivity index (χ3v) is 4.33. The van der Waals surface area contributed by atoms with E-state index in [0.29, 0.717) is 13.0 Å². The van der Waals surface area contributed by atoms with Gasteiger partial charge in [-0.05, 0) is 25.0 Å². The van der Waals surface area contributed by atoms with Gasteiger partial charge in [0, 0.05) is 17.4 Å². The Morgan fingerprint density at radius 2 is 2.00 bits per heavy atom. The van der Waals surface area contributed by atoms with E-state index in [4.69, 9.17) is 14.2 Å². The molecule has 0 aliphatic carbocycles. The first-order valence-corrected chi connectivity index (χ1v) is 7.93. The fourth-order valence-corrected chi connectivity index (χ4v) is 2.73. The minimum atomic E-state index is -0.482. The number of benzene rings is 1. The van der Waals surface area contributed by atoms with Gasteiger partial charge in [-0.25, -0.2) is 0 Å². The fourth-order valence-electron chi connectivity index (χ4n) is 2.73. The van der Waals surface area contributed by atoms with E-state index in [-0.39, 0.29) is 11.9 Å². The summed E-state index contributed by atoms with van der Waals surface area (Å²) in [4.78, 5) is 12.4. The molecule has 1 unspecified atom stereocenters. The van der Waals surface area contributed by atoms with Crippen LogP contribution in [0.4, 0.5) is 0 Å². The monoisotopic (exact) mass is 306 g/mol. The zero-order valence-electron chi connectivity index (χ0n) is 13.9. The predicted molar refractivity (Wildman–Crippen MR) is 84.9 cm³/mol. The summed E-state index contributed by atoms with van der Waals surface area (Å²) in [5.74, 6) is 1.06. The lowest BCUT2D eigenvalue weighted by Gasteiger charge is -2.39. The third-order valence-electron chi connectivity index (χ3n) is 4.33. The molecule has 1 heterocycles. The van der Waals surface area contributed by atoms with Gasteiger partial charge in [0.2, 0.25) is 0 Å². The van der Waals surface area contributed by atoms with E-state index in [0.717, 1.165) is 24.2 Å². The number of carbonyl (C=O) groups excluding carboxylic acids is 1. The molecule has 4 heteroatoms. The molecule has 1 fully saturated rings. The first-order chi connectivity index (χ1) is 10.5. The summed E-state index contributed by atoms with van der Waals surface area (Å²) < 4.78 is 17.0. The molecule has 0 aromatic heterocycles. The molecule has 2 rings (SSSR count). The third kappa shape index (κ3) is 3.68. The van der Waals surface area contributed by atoms with Gasteiger partial charge in [0.15, 0.2) is 6.29 Å².